The van der Waals surface area contributed by atoms with Gasteiger partial charge in [-0.15, -0.1) is 10.2 Å². The average molecular weight is 320 g/mol. The van der Waals surface area contributed by atoms with E-state index < -0.39 is 0 Å². The molecule has 3 nitrogen and oxygen atoms in total. The zero-order valence-electron chi connectivity index (χ0n) is 7.68. The maximum absolute atomic E-state index is 4.09. The Labute approximate surface area is 108 Å². The topological polar surface area (TPSA) is 38.7 Å². The van der Waals surface area contributed by atoms with Crippen LogP contribution in [0.15, 0.2) is 36.5 Å². The van der Waals surface area contributed by atoms with Gasteiger partial charge < -0.3 is 0 Å². The van der Waals surface area contributed by atoms with E-state index >= 15 is 0 Å². The van der Waals surface area contributed by atoms with Crippen LogP contribution in [0.5, 0.6) is 0 Å². The summed E-state index contributed by atoms with van der Waals surface area (Å²) in [5.41, 5.74) is 0. The predicted octanol–water partition coefficient (Wildman–Crippen LogP) is 3.57. The highest BCUT2D eigenvalue weighted by atomic mass is 79.9. The van der Waals surface area contributed by atoms with Gasteiger partial charge >= 0.3 is 0 Å². The van der Waals surface area contributed by atoms with Gasteiger partial charge in [0.1, 0.15) is 0 Å². The monoisotopic (exact) mass is 319 g/mol. The van der Waals surface area contributed by atoms with Crippen LogP contribution in [-0.4, -0.2) is 21.4 Å². The molecule has 0 saturated carbocycles. The molecule has 0 aliphatic rings. The highest BCUT2D eigenvalue weighted by Crippen LogP contribution is 2.35. The van der Waals surface area contributed by atoms with Crippen molar-refractivity contribution in [2.45, 2.75) is 13.6 Å². The Morgan fingerprint density at radius 2 is 2.13 bits per heavy atom. The van der Waals surface area contributed by atoms with E-state index in [9.17, 15) is 0 Å². The summed E-state index contributed by atoms with van der Waals surface area (Å²) >= 11 is 8.25. The third-order valence-electron chi connectivity index (χ3n) is 1.50. The van der Waals surface area contributed by atoms with Gasteiger partial charge in [-0.05, 0) is 28.3 Å². The summed E-state index contributed by atoms with van der Waals surface area (Å²) in [6, 6.07) is 1.95. The number of halogens is 1. The number of pyridine rings is 1. The molecular formula is C8H6BrN3S3. The number of hydrogen-bond acceptors (Lipinski definition) is 6. The van der Waals surface area contributed by atoms with Crippen molar-refractivity contribution < 1.29 is 0 Å². The summed E-state index contributed by atoms with van der Waals surface area (Å²) in [5.74, 6) is 0. The smallest absolute Gasteiger partial charge is 0.179 e. The van der Waals surface area contributed by atoms with Crippen LogP contribution in [-0.2, 0) is 0 Å². The fraction of sp³-hybridized carbons (Fsp3) is 0.125. The fourth-order valence-corrected chi connectivity index (χ4v) is 3.74. The number of nitrogens with zero attached hydrogens (tertiary/aromatic N) is 3. The molecule has 0 unspecified atom stereocenters. The first-order valence-corrected chi connectivity index (χ1v) is 7.59. The zero-order chi connectivity index (χ0) is 10.7. The van der Waals surface area contributed by atoms with E-state index in [0.717, 1.165) is 18.0 Å². The summed E-state index contributed by atoms with van der Waals surface area (Å²) in [6.45, 7) is 0. The van der Waals surface area contributed by atoms with Gasteiger partial charge in [-0.3, -0.25) is 4.98 Å². The van der Waals surface area contributed by atoms with Gasteiger partial charge in [-0.2, -0.15) is 0 Å². The molecule has 7 heteroatoms. The van der Waals surface area contributed by atoms with E-state index in [2.05, 4.69) is 31.1 Å². The van der Waals surface area contributed by atoms with Gasteiger partial charge in [-0.1, -0.05) is 34.9 Å². The first-order valence-electron chi connectivity index (χ1n) is 3.94. The minimum Gasteiger partial charge on any atom is -0.263 e. The molecular weight excluding hydrogens is 314 g/mol. The normalized spacial score (nSPS) is 10.5. The summed E-state index contributed by atoms with van der Waals surface area (Å²) in [7, 11) is 0. The second-order valence-electron chi connectivity index (χ2n) is 2.45. The van der Waals surface area contributed by atoms with Crippen molar-refractivity contribution in [2.24, 2.45) is 0 Å². The van der Waals surface area contributed by atoms with Crippen molar-refractivity contribution in [1.29, 1.82) is 0 Å². The van der Waals surface area contributed by atoms with E-state index in [0.29, 0.717) is 0 Å². The third kappa shape index (κ3) is 2.93. The van der Waals surface area contributed by atoms with Crippen molar-refractivity contribution in [2.75, 3.05) is 6.26 Å². The third-order valence-corrected chi connectivity index (χ3v) is 5.42. The lowest BCUT2D eigenvalue weighted by atomic mass is 10.5. The van der Waals surface area contributed by atoms with Gasteiger partial charge in [0.2, 0.25) is 0 Å². The molecule has 0 saturated heterocycles. The minimum absolute atomic E-state index is 0.950. The number of rotatable bonds is 3. The number of hydrogen-bond donors (Lipinski definition) is 0. The molecule has 78 valence electrons. The summed E-state index contributed by atoms with van der Waals surface area (Å²) in [6.07, 6.45) is 5.54. The van der Waals surface area contributed by atoms with E-state index in [1.54, 1.807) is 47.3 Å². The maximum Gasteiger partial charge on any atom is 0.179 e. The van der Waals surface area contributed by atoms with Crippen molar-refractivity contribution in [3.8, 4) is 0 Å². The predicted molar refractivity (Wildman–Crippen MR) is 67.8 cm³/mol. The zero-order valence-corrected chi connectivity index (χ0v) is 11.7. The molecule has 0 bridgehead atoms. The van der Waals surface area contributed by atoms with Gasteiger partial charge in [-0.25, -0.2) is 0 Å². The minimum atomic E-state index is 0.950. The van der Waals surface area contributed by atoms with Crippen molar-refractivity contribution in [3.05, 3.63) is 22.9 Å². The summed E-state index contributed by atoms with van der Waals surface area (Å²) in [4.78, 5) is 5.12. The molecule has 15 heavy (non-hydrogen) atoms. The fourth-order valence-electron chi connectivity index (χ4n) is 0.860. The molecule has 0 aliphatic heterocycles. The quantitative estimate of drug-likeness (QED) is 0.809. The van der Waals surface area contributed by atoms with Crippen LogP contribution in [0.25, 0.3) is 0 Å². The van der Waals surface area contributed by atoms with Gasteiger partial charge in [0.25, 0.3) is 0 Å². The molecule has 2 rings (SSSR count). The van der Waals surface area contributed by atoms with Gasteiger partial charge in [0, 0.05) is 21.8 Å². The van der Waals surface area contributed by atoms with E-state index in [1.807, 2.05) is 12.3 Å². The van der Waals surface area contributed by atoms with Crippen LogP contribution >= 0.6 is 50.8 Å². The average Bonchev–Trinajstić information content (AvgIpc) is 2.69. The van der Waals surface area contributed by atoms with Gasteiger partial charge in [0.15, 0.2) is 8.68 Å². The molecule has 0 fully saturated rings. The molecule has 2 aromatic rings. The SMILES string of the molecule is CSc1nnc(Sc2ccncc2Br)s1. The lowest BCUT2D eigenvalue weighted by molar-refractivity contribution is 0.955. The Balaban J connectivity index is 2.18. The van der Waals surface area contributed by atoms with Crippen LogP contribution in [0.3, 0.4) is 0 Å². The standard InChI is InChI=1S/C8H6BrN3S3/c1-13-7-11-12-8(15-7)14-6-2-3-10-4-5(6)9/h2-4H,1H3. The Bertz CT molecular complexity index is 460. The van der Waals surface area contributed by atoms with Crippen molar-refractivity contribution >= 4 is 50.8 Å². The van der Waals surface area contributed by atoms with E-state index in [-0.39, 0.29) is 0 Å². The molecule has 2 heterocycles. The molecule has 0 aromatic carbocycles. The second-order valence-corrected chi connectivity index (χ2v) is 6.62. The molecule has 2 aromatic heterocycles. The lowest BCUT2D eigenvalue weighted by Crippen LogP contribution is -1.77. The Kier molecular flexibility index (Phi) is 4.01. The number of aromatic nitrogens is 3. The molecule has 0 radical (unpaired) electrons. The highest BCUT2D eigenvalue weighted by Gasteiger charge is 2.07. The first-order chi connectivity index (χ1) is 7.29. The van der Waals surface area contributed by atoms with Crippen LogP contribution < -0.4 is 0 Å². The second kappa shape index (κ2) is 5.29. The van der Waals surface area contributed by atoms with Crippen molar-refractivity contribution in [1.82, 2.24) is 15.2 Å². The molecule has 0 amide bonds. The molecule has 0 spiro atoms. The highest BCUT2D eigenvalue weighted by molar-refractivity contribution is 9.10. The molecule has 0 N–H and O–H groups in total. The van der Waals surface area contributed by atoms with E-state index in [4.69, 9.17) is 0 Å². The number of thioether (sulfide) groups is 1. The first kappa shape index (κ1) is 11.4. The van der Waals surface area contributed by atoms with E-state index in [1.165, 1.54) is 0 Å². The van der Waals surface area contributed by atoms with Crippen LogP contribution in [0.4, 0.5) is 0 Å². The summed E-state index contributed by atoms with van der Waals surface area (Å²) < 4.78 is 2.92. The Hall–Kier alpha value is -0.110. The van der Waals surface area contributed by atoms with Crippen LogP contribution in [0.1, 0.15) is 0 Å². The lowest BCUT2D eigenvalue weighted by Gasteiger charge is -1.98. The van der Waals surface area contributed by atoms with Gasteiger partial charge in [0.05, 0.1) is 0 Å². The van der Waals surface area contributed by atoms with Crippen LogP contribution in [0.2, 0.25) is 0 Å². The molecule has 0 atom stereocenters. The Morgan fingerprint density at radius 1 is 1.33 bits per heavy atom. The van der Waals surface area contributed by atoms with Crippen molar-refractivity contribution in [3.63, 3.8) is 0 Å². The molecule has 0 aliphatic carbocycles. The summed E-state index contributed by atoms with van der Waals surface area (Å²) in [5, 5.41) is 8.13. The largest absolute Gasteiger partial charge is 0.263 e. The maximum atomic E-state index is 4.09. The Morgan fingerprint density at radius 3 is 2.80 bits per heavy atom. The van der Waals surface area contributed by atoms with Crippen LogP contribution in [0, 0.1) is 0 Å².